The van der Waals surface area contributed by atoms with E-state index in [9.17, 15) is 9.59 Å². The SMILES string of the molecule is COC(=O)N1CCC(CN2C(=O)C3(CCOC3)N=C2c2ccc(-c3ccc4c(cnn4C)c3)cc2)C1. The van der Waals surface area contributed by atoms with Crippen LogP contribution in [-0.4, -0.2) is 82.9 Å². The lowest BCUT2D eigenvalue weighted by atomic mass is 9.98. The number of aliphatic imine (C=N–C) groups is 1. The number of nitrogens with zero attached hydrogens (tertiary/aromatic N) is 5. The summed E-state index contributed by atoms with van der Waals surface area (Å²) in [5.74, 6) is 0.857. The van der Waals surface area contributed by atoms with E-state index in [2.05, 4.69) is 35.4 Å². The summed E-state index contributed by atoms with van der Waals surface area (Å²) in [5.41, 5.74) is 3.36. The molecule has 2 aromatic carbocycles. The molecule has 186 valence electrons. The highest BCUT2D eigenvalue weighted by Gasteiger charge is 2.51. The Hall–Kier alpha value is -3.72. The molecule has 2 fully saturated rings. The molecule has 3 aliphatic heterocycles. The molecule has 2 unspecified atom stereocenters. The molecule has 0 N–H and O–H groups in total. The van der Waals surface area contributed by atoms with Gasteiger partial charge in [0.25, 0.3) is 5.91 Å². The van der Waals surface area contributed by atoms with Crippen molar-refractivity contribution in [3.05, 3.63) is 54.2 Å². The van der Waals surface area contributed by atoms with E-state index >= 15 is 0 Å². The van der Waals surface area contributed by atoms with Crippen LogP contribution in [0.3, 0.4) is 0 Å². The lowest BCUT2D eigenvalue weighted by Crippen LogP contribution is -2.45. The average molecular weight is 488 g/mol. The third kappa shape index (κ3) is 3.74. The predicted octanol–water partition coefficient (Wildman–Crippen LogP) is 3.08. The minimum atomic E-state index is -0.833. The molecule has 1 aromatic heterocycles. The van der Waals surface area contributed by atoms with Crippen LogP contribution in [0.15, 0.2) is 53.7 Å². The van der Waals surface area contributed by atoms with Gasteiger partial charge in [-0.25, -0.2) is 9.79 Å². The Balaban J connectivity index is 1.27. The highest BCUT2D eigenvalue weighted by atomic mass is 16.5. The van der Waals surface area contributed by atoms with Gasteiger partial charge in [0.15, 0.2) is 5.54 Å². The summed E-state index contributed by atoms with van der Waals surface area (Å²) in [6.45, 7) is 2.57. The van der Waals surface area contributed by atoms with Crippen LogP contribution in [0.4, 0.5) is 4.79 Å². The van der Waals surface area contributed by atoms with Crippen LogP contribution in [0.5, 0.6) is 0 Å². The number of rotatable bonds is 4. The number of aryl methyl sites for hydroxylation is 1. The molecule has 3 aliphatic rings. The Morgan fingerprint density at radius 3 is 2.69 bits per heavy atom. The summed E-state index contributed by atoms with van der Waals surface area (Å²) in [5, 5.41) is 5.43. The third-order valence-corrected chi connectivity index (χ3v) is 7.60. The number of amidine groups is 1. The van der Waals surface area contributed by atoms with Crippen molar-refractivity contribution in [2.75, 3.05) is 40.0 Å². The third-order valence-electron chi connectivity index (χ3n) is 7.60. The fourth-order valence-corrected chi connectivity index (χ4v) is 5.55. The van der Waals surface area contributed by atoms with E-state index in [0.717, 1.165) is 34.0 Å². The average Bonchev–Trinajstić information content (AvgIpc) is 3.70. The Morgan fingerprint density at radius 1 is 1.17 bits per heavy atom. The molecule has 0 bridgehead atoms. The van der Waals surface area contributed by atoms with Crippen LogP contribution in [0.1, 0.15) is 18.4 Å². The molecule has 9 heteroatoms. The van der Waals surface area contributed by atoms with Gasteiger partial charge in [-0.05, 0) is 35.6 Å². The van der Waals surface area contributed by atoms with Crippen molar-refractivity contribution >= 4 is 28.7 Å². The molecule has 3 aromatic rings. The van der Waals surface area contributed by atoms with Crippen molar-refractivity contribution in [1.29, 1.82) is 0 Å². The van der Waals surface area contributed by atoms with Gasteiger partial charge in [0, 0.05) is 50.7 Å². The number of aromatic nitrogens is 2. The molecule has 4 heterocycles. The lowest BCUT2D eigenvalue weighted by Gasteiger charge is -2.25. The molecule has 9 nitrogen and oxygen atoms in total. The largest absolute Gasteiger partial charge is 0.453 e. The summed E-state index contributed by atoms with van der Waals surface area (Å²) >= 11 is 0. The van der Waals surface area contributed by atoms with Crippen molar-refractivity contribution < 1.29 is 19.1 Å². The zero-order chi connectivity index (χ0) is 24.9. The van der Waals surface area contributed by atoms with Gasteiger partial charge in [0.05, 0.1) is 25.4 Å². The Labute approximate surface area is 209 Å². The first kappa shape index (κ1) is 22.7. The van der Waals surface area contributed by atoms with Crippen molar-refractivity contribution in [1.82, 2.24) is 19.6 Å². The molecule has 2 amide bonds. The summed E-state index contributed by atoms with van der Waals surface area (Å²) in [6.07, 6.45) is 2.97. The van der Waals surface area contributed by atoms with Crippen LogP contribution < -0.4 is 0 Å². The van der Waals surface area contributed by atoms with E-state index in [0.29, 0.717) is 45.1 Å². The molecular formula is C27H29N5O4. The quantitative estimate of drug-likeness (QED) is 0.564. The van der Waals surface area contributed by atoms with Gasteiger partial charge < -0.3 is 14.4 Å². The van der Waals surface area contributed by atoms with E-state index in [1.54, 1.807) is 4.90 Å². The first-order valence-electron chi connectivity index (χ1n) is 12.3. The molecule has 0 aliphatic carbocycles. The molecule has 1 spiro atoms. The monoisotopic (exact) mass is 487 g/mol. The van der Waals surface area contributed by atoms with Crippen molar-refractivity contribution in [3.63, 3.8) is 0 Å². The number of hydrogen-bond donors (Lipinski definition) is 0. The van der Waals surface area contributed by atoms with Gasteiger partial charge in [0.1, 0.15) is 5.84 Å². The van der Waals surface area contributed by atoms with Crippen molar-refractivity contribution in [3.8, 4) is 11.1 Å². The van der Waals surface area contributed by atoms with Gasteiger partial charge in [0.2, 0.25) is 0 Å². The maximum Gasteiger partial charge on any atom is 0.409 e. The fourth-order valence-electron chi connectivity index (χ4n) is 5.55. The van der Waals surface area contributed by atoms with Crippen LogP contribution in [0.25, 0.3) is 22.0 Å². The Kier molecular flexibility index (Phi) is 5.52. The van der Waals surface area contributed by atoms with Crippen LogP contribution >= 0.6 is 0 Å². The summed E-state index contributed by atoms with van der Waals surface area (Å²) < 4.78 is 12.3. The Bertz CT molecular complexity index is 1360. The molecule has 2 atom stereocenters. The van der Waals surface area contributed by atoms with Gasteiger partial charge in [-0.3, -0.25) is 14.4 Å². The van der Waals surface area contributed by atoms with E-state index < -0.39 is 5.54 Å². The van der Waals surface area contributed by atoms with E-state index in [4.69, 9.17) is 14.5 Å². The van der Waals surface area contributed by atoms with Crippen molar-refractivity contribution in [2.24, 2.45) is 18.0 Å². The maximum absolute atomic E-state index is 13.6. The second kappa shape index (κ2) is 8.74. The summed E-state index contributed by atoms with van der Waals surface area (Å²) in [7, 11) is 3.33. The molecular weight excluding hydrogens is 458 g/mol. The fraction of sp³-hybridized carbons (Fsp3) is 0.407. The number of fused-ring (bicyclic) bond motifs is 1. The lowest BCUT2D eigenvalue weighted by molar-refractivity contribution is -0.131. The van der Waals surface area contributed by atoms with Crippen LogP contribution in [0, 0.1) is 5.92 Å². The number of carbonyl (C=O) groups excluding carboxylic acids is 2. The topological polar surface area (TPSA) is 89.3 Å². The standard InChI is InChI=1S/C27H29N5O4/c1-30-23-8-7-21(13-22(23)14-28-30)19-3-5-20(6-4-19)24-29-27(10-12-36-17-27)25(33)32(24)16-18-9-11-31(15-18)26(34)35-2/h3-8,13-14,18H,9-12,15-17H2,1-2H3. The molecule has 36 heavy (non-hydrogen) atoms. The second-order valence-corrected chi connectivity index (χ2v) is 9.88. The van der Waals surface area contributed by atoms with Crippen LogP contribution in [0.2, 0.25) is 0 Å². The van der Waals surface area contributed by atoms with E-state index in [1.807, 2.05) is 35.0 Å². The summed E-state index contributed by atoms with van der Waals surface area (Å²) in [4.78, 5) is 34.0. The van der Waals surface area contributed by atoms with E-state index in [1.165, 1.54) is 7.11 Å². The first-order chi connectivity index (χ1) is 17.5. The van der Waals surface area contributed by atoms with Gasteiger partial charge in [-0.1, -0.05) is 30.3 Å². The number of amides is 2. The highest BCUT2D eigenvalue weighted by Crippen LogP contribution is 2.35. The second-order valence-electron chi connectivity index (χ2n) is 9.88. The highest BCUT2D eigenvalue weighted by molar-refractivity contribution is 6.15. The molecule has 0 radical (unpaired) electrons. The predicted molar refractivity (Wildman–Crippen MR) is 135 cm³/mol. The molecule has 2 saturated heterocycles. The number of carbonyl (C=O) groups is 2. The van der Waals surface area contributed by atoms with Gasteiger partial charge in [-0.2, -0.15) is 5.10 Å². The number of likely N-dealkylation sites (tertiary alicyclic amines) is 1. The number of ether oxygens (including phenoxy) is 2. The minimum Gasteiger partial charge on any atom is -0.453 e. The van der Waals surface area contributed by atoms with Crippen LogP contribution in [-0.2, 0) is 21.3 Å². The van der Waals surface area contributed by atoms with E-state index in [-0.39, 0.29) is 17.9 Å². The first-order valence-corrected chi connectivity index (χ1v) is 12.3. The van der Waals surface area contributed by atoms with Crippen molar-refractivity contribution in [2.45, 2.75) is 18.4 Å². The van der Waals surface area contributed by atoms with Gasteiger partial charge >= 0.3 is 6.09 Å². The maximum atomic E-state index is 13.6. The number of benzene rings is 2. The Morgan fingerprint density at radius 2 is 1.94 bits per heavy atom. The zero-order valence-electron chi connectivity index (χ0n) is 20.5. The molecule has 6 rings (SSSR count). The normalized spacial score (nSPS) is 23.8. The minimum absolute atomic E-state index is 0.00220. The molecule has 0 saturated carbocycles. The zero-order valence-corrected chi connectivity index (χ0v) is 20.5. The summed E-state index contributed by atoms with van der Waals surface area (Å²) in [6, 6.07) is 14.5. The smallest absolute Gasteiger partial charge is 0.409 e. The van der Waals surface area contributed by atoms with Gasteiger partial charge in [-0.15, -0.1) is 0 Å². The number of methoxy groups -OCH3 is 1. The number of hydrogen-bond acceptors (Lipinski definition) is 6.